The minimum atomic E-state index is -0.609. The van der Waals surface area contributed by atoms with E-state index in [4.69, 9.17) is 11.6 Å². The van der Waals surface area contributed by atoms with Gasteiger partial charge in [0.25, 0.3) is 0 Å². The highest BCUT2D eigenvalue weighted by molar-refractivity contribution is 6.31. The van der Waals surface area contributed by atoms with E-state index in [0.717, 1.165) is 18.5 Å². The predicted molar refractivity (Wildman–Crippen MR) is 79.9 cm³/mol. The Labute approximate surface area is 124 Å². The van der Waals surface area contributed by atoms with Gasteiger partial charge in [0.05, 0.1) is 16.9 Å². The number of hydrogen-bond acceptors (Lipinski definition) is 2. The smallest absolute Gasteiger partial charge is 0.107 e. The zero-order valence-corrected chi connectivity index (χ0v) is 12.5. The number of rotatable bonds is 4. The lowest BCUT2D eigenvalue weighted by Gasteiger charge is -2.25. The predicted octanol–water partition coefficient (Wildman–Crippen LogP) is 3.88. The van der Waals surface area contributed by atoms with Crippen molar-refractivity contribution in [1.29, 1.82) is 0 Å². The quantitative estimate of drug-likeness (QED) is 0.928. The van der Waals surface area contributed by atoms with E-state index in [-0.39, 0.29) is 11.5 Å². The molecule has 3 rings (SSSR count). The molecule has 1 aliphatic carbocycles. The number of hydrogen-bond donors (Lipinski definition) is 1. The maximum Gasteiger partial charge on any atom is 0.107 e. The largest absolute Gasteiger partial charge is 0.386 e. The summed E-state index contributed by atoms with van der Waals surface area (Å²) >= 11 is 6.26. The van der Waals surface area contributed by atoms with Crippen molar-refractivity contribution < 1.29 is 5.11 Å². The van der Waals surface area contributed by atoms with E-state index in [1.807, 2.05) is 36.7 Å². The summed E-state index contributed by atoms with van der Waals surface area (Å²) in [7, 11) is 0. The van der Waals surface area contributed by atoms with Crippen LogP contribution in [0, 0.1) is 0 Å². The molecule has 1 atom stereocenters. The SMILES string of the molecule is CC(C)n1ncc(Cl)c1C(O)C1(c2ccccc2)CC1. The normalized spacial score (nSPS) is 18.2. The Morgan fingerprint density at radius 2 is 1.90 bits per heavy atom. The van der Waals surface area contributed by atoms with Gasteiger partial charge in [0.2, 0.25) is 0 Å². The molecular formula is C16H19ClN2O. The van der Waals surface area contributed by atoms with Crippen LogP contribution in [-0.2, 0) is 5.41 Å². The van der Waals surface area contributed by atoms with Crippen molar-refractivity contribution in [2.45, 2.75) is 44.2 Å². The van der Waals surface area contributed by atoms with Crippen molar-refractivity contribution in [3.05, 3.63) is 52.8 Å². The molecule has 1 N–H and O–H groups in total. The first-order valence-electron chi connectivity index (χ1n) is 7.03. The van der Waals surface area contributed by atoms with E-state index in [1.54, 1.807) is 6.20 Å². The highest BCUT2D eigenvalue weighted by atomic mass is 35.5. The Balaban J connectivity index is 2.02. The number of halogens is 1. The summed E-state index contributed by atoms with van der Waals surface area (Å²) in [5, 5.41) is 15.8. The van der Waals surface area contributed by atoms with Gasteiger partial charge in [-0.25, -0.2) is 0 Å². The first-order chi connectivity index (χ1) is 9.56. The molecule has 3 nitrogen and oxygen atoms in total. The molecule has 0 aliphatic heterocycles. The van der Waals surface area contributed by atoms with Gasteiger partial charge in [0, 0.05) is 11.5 Å². The highest BCUT2D eigenvalue weighted by Crippen LogP contribution is 2.57. The van der Waals surface area contributed by atoms with Crippen LogP contribution in [0.1, 0.15) is 50.1 Å². The summed E-state index contributed by atoms with van der Waals surface area (Å²) in [5.74, 6) is 0. The molecule has 2 aromatic rings. The lowest BCUT2D eigenvalue weighted by molar-refractivity contribution is 0.121. The zero-order chi connectivity index (χ0) is 14.3. The van der Waals surface area contributed by atoms with E-state index in [0.29, 0.717) is 5.02 Å². The summed E-state index contributed by atoms with van der Waals surface area (Å²) in [6.45, 7) is 4.09. The van der Waals surface area contributed by atoms with Gasteiger partial charge >= 0.3 is 0 Å². The maximum atomic E-state index is 10.9. The molecule has 20 heavy (non-hydrogen) atoms. The average molecular weight is 291 g/mol. The Hall–Kier alpha value is -1.32. The van der Waals surface area contributed by atoms with Gasteiger partial charge in [-0.2, -0.15) is 5.10 Å². The Morgan fingerprint density at radius 3 is 2.45 bits per heavy atom. The van der Waals surface area contributed by atoms with Gasteiger partial charge in [0.1, 0.15) is 6.10 Å². The van der Waals surface area contributed by atoms with Crippen LogP contribution in [0.15, 0.2) is 36.5 Å². The molecule has 1 heterocycles. The second kappa shape index (κ2) is 4.90. The van der Waals surface area contributed by atoms with Crippen molar-refractivity contribution in [2.24, 2.45) is 0 Å². The average Bonchev–Trinajstić information content (AvgIpc) is 3.17. The van der Waals surface area contributed by atoms with Crippen molar-refractivity contribution >= 4 is 11.6 Å². The molecule has 0 amide bonds. The summed E-state index contributed by atoms with van der Waals surface area (Å²) < 4.78 is 1.83. The van der Waals surface area contributed by atoms with E-state index in [2.05, 4.69) is 17.2 Å². The first kappa shape index (κ1) is 13.7. The number of nitrogens with zero attached hydrogens (tertiary/aromatic N) is 2. The van der Waals surface area contributed by atoms with Crippen LogP contribution in [-0.4, -0.2) is 14.9 Å². The second-order valence-corrected chi connectivity index (χ2v) is 6.25. The molecule has 1 unspecified atom stereocenters. The molecule has 1 aromatic carbocycles. The van der Waals surface area contributed by atoms with Crippen molar-refractivity contribution in [1.82, 2.24) is 9.78 Å². The summed E-state index contributed by atoms with van der Waals surface area (Å²) in [6, 6.07) is 10.4. The maximum absolute atomic E-state index is 10.9. The zero-order valence-electron chi connectivity index (χ0n) is 11.8. The van der Waals surface area contributed by atoms with Gasteiger partial charge < -0.3 is 5.11 Å². The Bertz CT molecular complexity index is 602. The van der Waals surface area contributed by atoms with Crippen LogP contribution in [0.5, 0.6) is 0 Å². The number of aliphatic hydroxyl groups excluding tert-OH is 1. The van der Waals surface area contributed by atoms with E-state index in [1.165, 1.54) is 5.56 Å². The van der Waals surface area contributed by atoms with E-state index in [9.17, 15) is 5.11 Å². The minimum Gasteiger partial charge on any atom is -0.386 e. The molecule has 0 saturated heterocycles. The van der Waals surface area contributed by atoms with Gasteiger partial charge in [-0.3, -0.25) is 4.68 Å². The van der Waals surface area contributed by atoms with Gasteiger partial charge in [-0.1, -0.05) is 41.9 Å². The molecule has 1 aliphatic rings. The van der Waals surface area contributed by atoms with Crippen LogP contribution < -0.4 is 0 Å². The minimum absolute atomic E-state index is 0.179. The third kappa shape index (κ3) is 2.05. The molecule has 0 spiro atoms. The summed E-state index contributed by atoms with van der Waals surface area (Å²) in [5.41, 5.74) is 1.72. The lowest BCUT2D eigenvalue weighted by atomic mass is 9.88. The third-order valence-electron chi connectivity index (χ3n) is 4.20. The van der Waals surface area contributed by atoms with Crippen LogP contribution in [0.2, 0.25) is 5.02 Å². The third-order valence-corrected chi connectivity index (χ3v) is 4.49. The first-order valence-corrected chi connectivity index (χ1v) is 7.40. The van der Waals surface area contributed by atoms with Crippen molar-refractivity contribution in [2.75, 3.05) is 0 Å². The Kier molecular flexibility index (Phi) is 3.35. The van der Waals surface area contributed by atoms with Crippen LogP contribution in [0.3, 0.4) is 0 Å². The molecule has 4 heteroatoms. The van der Waals surface area contributed by atoms with Gasteiger partial charge in [-0.05, 0) is 32.3 Å². The molecular weight excluding hydrogens is 272 g/mol. The van der Waals surface area contributed by atoms with Gasteiger partial charge in [0.15, 0.2) is 0 Å². The fraction of sp³-hybridized carbons (Fsp3) is 0.438. The molecule has 0 radical (unpaired) electrons. The number of aliphatic hydroxyl groups is 1. The number of aromatic nitrogens is 2. The molecule has 1 saturated carbocycles. The molecule has 0 bridgehead atoms. The highest BCUT2D eigenvalue weighted by Gasteiger charge is 2.52. The van der Waals surface area contributed by atoms with Crippen LogP contribution >= 0.6 is 11.6 Å². The second-order valence-electron chi connectivity index (χ2n) is 5.84. The van der Waals surface area contributed by atoms with Crippen molar-refractivity contribution in [3.63, 3.8) is 0 Å². The fourth-order valence-corrected chi connectivity index (χ4v) is 3.14. The standard InChI is InChI=1S/C16H19ClN2O/c1-11(2)19-14(13(17)10-18-19)15(20)16(8-9-16)12-6-4-3-5-7-12/h3-7,10-11,15,20H,8-9H2,1-2H3. The van der Waals surface area contributed by atoms with Gasteiger partial charge in [-0.15, -0.1) is 0 Å². The molecule has 106 valence electrons. The molecule has 1 aromatic heterocycles. The molecule has 1 fully saturated rings. The summed E-state index contributed by atoms with van der Waals surface area (Å²) in [6.07, 6.45) is 2.99. The van der Waals surface area contributed by atoms with Crippen LogP contribution in [0.25, 0.3) is 0 Å². The van der Waals surface area contributed by atoms with E-state index < -0.39 is 6.10 Å². The fourth-order valence-electron chi connectivity index (χ4n) is 2.90. The van der Waals surface area contributed by atoms with Crippen LogP contribution in [0.4, 0.5) is 0 Å². The monoisotopic (exact) mass is 290 g/mol. The Morgan fingerprint density at radius 1 is 1.25 bits per heavy atom. The van der Waals surface area contributed by atoms with Crippen molar-refractivity contribution in [3.8, 4) is 0 Å². The summed E-state index contributed by atoms with van der Waals surface area (Å²) in [4.78, 5) is 0. The lowest BCUT2D eigenvalue weighted by Crippen LogP contribution is -2.22. The van der Waals surface area contributed by atoms with E-state index >= 15 is 0 Å². The number of benzene rings is 1. The topological polar surface area (TPSA) is 38.0 Å².